The minimum absolute atomic E-state index is 0.111. The summed E-state index contributed by atoms with van der Waals surface area (Å²) in [5.41, 5.74) is 0.260. The Labute approximate surface area is 112 Å². The van der Waals surface area contributed by atoms with Gasteiger partial charge in [-0.05, 0) is 18.8 Å². The van der Waals surface area contributed by atoms with E-state index in [2.05, 4.69) is 10.2 Å². The normalized spacial score (nSPS) is 15.8. The Bertz CT molecular complexity index is 601. The number of nitrogens with two attached hydrogens (primary N) is 1. The van der Waals surface area contributed by atoms with Crippen LogP contribution >= 0.6 is 0 Å². The number of sulfonamides is 1. The molecule has 1 saturated carbocycles. The summed E-state index contributed by atoms with van der Waals surface area (Å²) in [6.45, 7) is 3.61. The second kappa shape index (κ2) is 4.61. The minimum Gasteiger partial charge on any atom is -0.337 e. The number of hydrogen-bond donors (Lipinski definition) is 2. The van der Waals surface area contributed by atoms with Gasteiger partial charge >= 0.3 is 0 Å². The number of rotatable bonds is 4. The maximum atomic E-state index is 12.3. The molecule has 1 aromatic heterocycles. The van der Waals surface area contributed by atoms with Crippen molar-refractivity contribution in [1.29, 1.82) is 0 Å². The van der Waals surface area contributed by atoms with E-state index in [9.17, 15) is 13.2 Å². The van der Waals surface area contributed by atoms with Crippen LogP contribution in [-0.4, -0.2) is 42.5 Å². The van der Waals surface area contributed by atoms with Crippen molar-refractivity contribution < 1.29 is 13.2 Å². The average Bonchev–Trinajstić information content (AvgIpc) is 3.03. The Kier molecular flexibility index (Phi) is 3.40. The van der Waals surface area contributed by atoms with Crippen molar-refractivity contribution >= 4 is 15.9 Å². The summed E-state index contributed by atoms with van der Waals surface area (Å²) >= 11 is 0. The molecule has 0 saturated heterocycles. The largest absolute Gasteiger partial charge is 0.337 e. The van der Waals surface area contributed by atoms with Crippen LogP contribution in [0.4, 0.5) is 0 Å². The third-order valence-corrected chi connectivity index (χ3v) is 4.21. The van der Waals surface area contributed by atoms with Crippen molar-refractivity contribution in [3.05, 3.63) is 11.4 Å². The van der Waals surface area contributed by atoms with Crippen molar-refractivity contribution in [2.45, 2.75) is 43.5 Å². The molecule has 2 rings (SSSR count). The molecule has 3 N–H and O–H groups in total. The van der Waals surface area contributed by atoms with E-state index in [4.69, 9.17) is 5.14 Å². The van der Waals surface area contributed by atoms with Gasteiger partial charge in [0.15, 0.2) is 5.69 Å². The zero-order valence-electron chi connectivity index (χ0n) is 11.2. The van der Waals surface area contributed by atoms with Gasteiger partial charge in [0.05, 0.1) is 5.69 Å². The van der Waals surface area contributed by atoms with Crippen molar-refractivity contribution in [3.63, 3.8) is 0 Å². The van der Waals surface area contributed by atoms with E-state index in [1.54, 1.807) is 20.9 Å². The SMILES string of the molecule is CC(C)c1[nH]nc(C(=O)N(C)C2CC2)c1S(N)(=O)=O. The number of nitrogens with zero attached hydrogens (tertiary/aromatic N) is 2. The third kappa shape index (κ3) is 2.64. The average molecular weight is 286 g/mol. The Balaban J connectivity index is 2.48. The van der Waals surface area contributed by atoms with Crippen molar-refractivity contribution in [3.8, 4) is 0 Å². The molecule has 1 aliphatic rings. The van der Waals surface area contributed by atoms with Crippen LogP contribution in [0.2, 0.25) is 0 Å². The lowest BCUT2D eigenvalue weighted by Crippen LogP contribution is -2.31. The molecule has 0 aliphatic heterocycles. The quantitative estimate of drug-likeness (QED) is 0.835. The van der Waals surface area contributed by atoms with Crippen LogP contribution in [0.3, 0.4) is 0 Å². The maximum Gasteiger partial charge on any atom is 0.275 e. The van der Waals surface area contributed by atoms with Crippen LogP contribution in [0.5, 0.6) is 0 Å². The predicted molar refractivity (Wildman–Crippen MR) is 69.2 cm³/mol. The number of primary sulfonamides is 1. The van der Waals surface area contributed by atoms with Gasteiger partial charge in [0.25, 0.3) is 5.91 Å². The summed E-state index contributed by atoms with van der Waals surface area (Å²) in [6.07, 6.45) is 1.88. The number of nitrogens with one attached hydrogen (secondary N) is 1. The van der Waals surface area contributed by atoms with Gasteiger partial charge in [-0.25, -0.2) is 13.6 Å². The number of hydrogen-bond acceptors (Lipinski definition) is 4. The fourth-order valence-corrected chi connectivity index (χ4v) is 2.95. The second-order valence-electron chi connectivity index (χ2n) is 5.16. The van der Waals surface area contributed by atoms with Crippen LogP contribution in [0, 0.1) is 0 Å². The number of carbonyl (C=O) groups is 1. The highest BCUT2D eigenvalue weighted by atomic mass is 32.2. The van der Waals surface area contributed by atoms with E-state index in [1.165, 1.54) is 4.90 Å². The molecule has 0 radical (unpaired) electrons. The molecule has 7 nitrogen and oxygen atoms in total. The molecule has 106 valence electrons. The number of amides is 1. The van der Waals surface area contributed by atoms with E-state index in [1.807, 2.05) is 0 Å². The molecule has 0 atom stereocenters. The molecule has 8 heteroatoms. The van der Waals surface area contributed by atoms with Crippen molar-refractivity contribution in [2.75, 3.05) is 7.05 Å². The molecule has 0 spiro atoms. The predicted octanol–water partition coefficient (Wildman–Crippen LogP) is 0.415. The number of aromatic nitrogens is 2. The van der Waals surface area contributed by atoms with Gasteiger partial charge < -0.3 is 4.90 Å². The van der Waals surface area contributed by atoms with E-state index in [0.717, 1.165) is 12.8 Å². The fourth-order valence-electron chi connectivity index (χ4n) is 1.96. The van der Waals surface area contributed by atoms with Gasteiger partial charge in [-0.3, -0.25) is 9.89 Å². The molecule has 1 heterocycles. The van der Waals surface area contributed by atoms with E-state index in [-0.39, 0.29) is 22.5 Å². The minimum atomic E-state index is -3.99. The Morgan fingerprint density at radius 2 is 2.05 bits per heavy atom. The zero-order valence-corrected chi connectivity index (χ0v) is 12.0. The lowest BCUT2D eigenvalue weighted by Gasteiger charge is -2.15. The van der Waals surface area contributed by atoms with E-state index in [0.29, 0.717) is 5.69 Å². The van der Waals surface area contributed by atoms with Gasteiger partial charge in [0, 0.05) is 13.1 Å². The molecule has 1 fully saturated rings. The molecular formula is C11H18N4O3S. The first kappa shape index (κ1) is 14.0. The topological polar surface area (TPSA) is 109 Å². The van der Waals surface area contributed by atoms with E-state index >= 15 is 0 Å². The molecule has 0 aromatic carbocycles. The van der Waals surface area contributed by atoms with Crippen LogP contribution in [0.1, 0.15) is 48.8 Å². The first-order valence-electron chi connectivity index (χ1n) is 6.11. The smallest absolute Gasteiger partial charge is 0.275 e. The molecule has 0 bridgehead atoms. The number of aromatic amines is 1. The Morgan fingerprint density at radius 1 is 1.47 bits per heavy atom. The van der Waals surface area contributed by atoms with Crippen LogP contribution in [0.15, 0.2) is 4.90 Å². The zero-order chi connectivity index (χ0) is 14.4. The van der Waals surface area contributed by atoms with Crippen LogP contribution < -0.4 is 5.14 Å². The van der Waals surface area contributed by atoms with Crippen molar-refractivity contribution in [2.24, 2.45) is 5.14 Å². The highest BCUT2D eigenvalue weighted by molar-refractivity contribution is 7.89. The summed E-state index contributed by atoms with van der Waals surface area (Å²) in [4.78, 5) is 13.6. The molecule has 19 heavy (non-hydrogen) atoms. The lowest BCUT2D eigenvalue weighted by atomic mass is 10.1. The highest BCUT2D eigenvalue weighted by Crippen LogP contribution is 2.29. The summed E-state index contributed by atoms with van der Waals surface area (Å²) < 4.78 is 23.4. The second-order valence-corrected chi connectivity index (χ2v) is 6.66. The molecule has 0 unspecified atom stereocenters. The lowest BCUT2D eigenvalue weighted by molar-refractivity contribution is 0.0775. The summed E-state index contributed by atoms with van der Waals surface area (Å²) in [5.74, 6) is -0.525. The number of carbonyl (C=O) groups excluding carboxylic acids is 1. The first-order chi connectivity index (χ1) is 8.73. The molecule has 1 amide bonds. The molecule has 1 aromatic rings. The van der Waals surface area contributed by atoms with Crippen molar-refractivity contribution in [1.82, 2.24) is 15.1 Å². The maximum absolute atomic E-state index is 12.3. The summed E-state index contributed by atoms with van der Waals surface area (Å²) in [5, 5.41) is 11.7. The van der Waals surface area contributed by atoms with Gasteiger partial charge in [-0.1, -0.05) is 13.8 Å². The number of H-pyrrole nitrogens is 1. The molecule has 1 aliphatic carbocycles. The fraction of sp³-hybridized carbons (Fsp3) is 0.636. The Morgan fingerprint density at radius 3 is 2.47 bits per heavy atom. The summed E-state index contributed by atoms with van der Waals surface area (Å²) in [6, 6.07) is 0.181. The van der Waals surface area contributed by atoms with Crippen LogP contribution in [-0.2, 0) is 10.0 Å². The van der Waals surface area contributed by atoms with Crippen LogP contribution in [0.25, 0.3) is 0 Å². The van der Waals surface area contributed by atoms with Gasteiger partial charge in [-0.15, -0.1) is 0 Å². The monoisotopic (exact) mass is 286 g/mol. The Hall–Kier alpha value is -1.41. The standard InChI is InChI=1S/C11H18N4O3S/c1-6(2)8-10(19(12,17)18)9(14-13-8)11(16)15(3)7-4-5-7/h6-7H,4-5H2,1-3H3,(H,13,14)(H2,12,17,18). The van der Waals surface area contributed by atoms with Gasteiger partial charge in [-0.2, -0.15) is 5.10 Å². The highest BCUT2D eigenvalue weighted by Gasteiger charge is 2.35. The van der Waals surface area contributed by atoms with E-state index < -0.39 is 15.9 Å². The summed E-state index contributed by atoms with van der Waals surface area (Å²) in [7, 11) is -2.34. The van der Waals surface area contributed by atoms with Gasteiger partial charge in [0.2, 0.25) is 10.0 Å². The van der Waals surface area contributed by atoms with Gasteiger partial charge in [0.1, 0.15) is 4.90 Å². The first-order valence-corrected chi connectivity index (χ1v) is 7.66. The molecular weight excluding hydrogens is 268 g/mol. The third-order valence-electron chi connectivity index (χ3n) is 3.23.